The van der Waals surface area contributed by atoms with Gasteiger partial charge in [0.2, 0.25) is 6.04 Å². The number of aryl methyl sites for hydroxylation is 1. The predicted octanol–water partition coefficient (Wildman–Crippen LogP) is 4.57. The number of aliphatic hydroxyl groups is 1. The summed E-state index contributed by atoms with van der Waals surface area (Å²) in [6.45, 7) is 12.4. The fourth-order valence-electron chi connectivity index (χ4n) is 4.03. The normalized spacial score (nSPS) is 19.9. The molecule has 1 heterocycles. The molecule has 3 atom stereocenters. The monoisotopic (exact) mass is 392 g/mol. The van der Waals surface area contributed by atoms with Crippen molar-refractivity contribution in [1.82, 2.24) is 0 Å². The molecule has 0 radical (unpaired) electrons. The lowest BCUT2D eigenvalue weighted by Gasteiger charge is -2.27. The zero-order valence-corrected chi connectivity index (χ0v) is 17.0. The van der Waals surface area contributed by atoms with E-state index in [4.69, 9.17) is 11.7 Å². The summed E-state index contributed by atoms with van der Waals surface area (Å²) in [5.41, 5.74) is 3.38. The Labute approximate surface area is 172 Å². The number of carboxylic acids is 1. The van der Waals surface area contributed by atoms with Gasteiger partial charge in [0, 0.05) is 18.7 Å². The minimum atomic E-state index is -0.919. The first-order chi connectivity index (χ1) is 13.9. The smallest absolute Gasteiger partial charge is 0.335 e. The molecule has 152 valence electrons. The molecule has 2 N–H and O–H groups in total. The second-order valence-electron chi connectivity index (χ2n) is 8.07. The predicted molar refractivity (Wildman–Crippen MR) is 114 cm³/mol. The second-order valence-corrected chi connectivity index (χ2v) is 8.07. The molecule has 29 heavy (non-hydrogen) atoms. The van der Waals surface area contributed by atoms with Gasteiger partial charge in [0.05, 0.1) is 11.7 Å². The Hall–Kier alpha value is -2.84. The summed E-state index contributed by atoms with van der Waals surface area (Å²) in [6.07, 6.45) is 2.03. The zero-order valence-electron chi connectivity index (χ0n) is 17.0. The molecular formula is C24H28N2O3. The summed E-state index contributed by atoms with van der Waals surface area (Å²) >= 11 is 0. The van der Waals surface area contributed by atoms with Crippen LogP contribution in [0.4, 0.5) is 5.69 Å². The van der Waals surface area contributed by atoms with Gasteiger partial charge in [-0.25, -0.2) is 11.4 Å². The van der Waals surface area contributed by atoms with Gasteiger partial charge in [0.1, 0.15) is 6.04 Å². The fraction of sp³-hybridized carbons (Fsp3) is 0.417. The Morgan fingerprint density at radius 3 is 2.38 bits per heavy atom. The van der Waals surface area contributed by atoms with Gasteiger partial charge in [0.15, 0.2) is 0 Å². The molecule has 0 aromatic heterocycles. The Bertz CT molecular complexity index is 868. The van der Waals surface area contributed by atoms with Gasteiger partial charge in [-0.2, -0.15) is 0 Å². The molecule has 2 aromatic carbocycles. The molecule has 5 heteroatoms. The van der Waals surface area contributed by atoms with Crippen LogP contribution in [0.2, 0.25) is 0 Å². The molecule has 5 nitrogen and oxygen atoms in total. The number of nitrogens with zero attached hydrogens (tertiary/aromatic N) is 2. The number of benzene rings is 2. The third-order valence-corrected chi connectivity index (χ3v) is 5.80. The highest BCUT2D eigenvalue weighted by Crippen LogP contribution is 2.32. The van der Waals surface area contributed by atoms with E-state index < -0.39 is 12.1 Å². The highest BCUT2D eigenvalue weighted by atomic mass is 16.4. The van der Waals surface area contributed by atoms with Gasteiger partial charge in [-0.3, -0.25) is 0 Å². The summed E-state index contributed by atoms with van der Waals surface area (Å²) in [5.74, 6) is -0.753. The zero-order chi connectivity index (χ0) is 21.0. The molecular weight excluding hydrogens is 364 g/mol. The summed E-state index contributed by atoms with van der Waals surface area (Å²) in [7, 11) is 0. The van der Waals surface area contributed by atoms with Crippen molar-refractivity contribution in [2.75, 3.05) is 11.4 Å². The largest absolute Gasteiger partial charge is 0.478 e. The first kappa shape index (κ1) is 20.9. The first-order valence-electron chi connectivity index (χ1n) is 10.1. The van der Waals surface area contributed by atoms with Gasteiger partial charge in [-0.05, 0) is 54.2 Å². The quantitative estimate of drug-likeness (QED) is 0.677. The Morgan fingerprint density at radius 1 is 1.17 bits per heavy atom. The van der Waals surface area contributed by atoms with Crippen LogP contribution >= 0.6 is 0 Å². The number of carboxylic acid groups (broad SMARTS) is 1. The lowest BCUT2D eigenvalue weighted by molar-refractivity contribution is 0.0697. The van der Waals surface area contributed by atoms with E-state index in [-0.39, 0.29) is 18.0 Å². The van der Waals surface area contributed by atoms with E-state index in [2.05, 4.69) is 9.74 Å². The van der Waals surface area contributed by atoms with Crippen LogP contribution in [0.5, 0.6) is 0 Å². The van der Waals surface area contributed by atoms with E-state index in [0.717, 1.165) is 42.6 Å². The fourth-order valence-corrected chi connectivity index (χ4v) is 4.03. The number of rotatable bonds is 7. The Morgan fingerprint density at radius 2 is 1.83 bits per heavy atom. The van der Waals surface area contributed by atoms with Crippen molar-refractivity contribution in [2.45, 2.75) is 51.3 Å². The van der Waals surface area contributed by atoms with Gasteiger partial charge in [0.25, 0.3) is 0 Å². The van der Waals surface area contributed by atoms with Gasteiger partial charge >= 0.3 is 5.97 Å². The van der Waals surface area contributed by atoms with Gasteiger partial charge in [-0.15, -0.1) is 0 Å². The molecule has 1 aliphatic rings. The van der Waals surface area contributed by atoms with E-state index in [9.17, 15) is 9.90 Å². The van der Waals surface area contributed by atoms with Crippen LogP contribution in [0.1, 0.15) is 54.3 Å². The third kappa shape index (κ3) is 4.78. The van der Waals surface area contributed by atoms with Gasteiger partial charge < -0.3 is 20.0 Å². The number of anilines is 1. The van der Waals surface area contributed by atoms with Crippen LogP contribution in [-0.2, 0) is 6.42 Å². The highest BCUT2D eigenvalue weighted by molar-refractivity contribution is 5.87. The maximum atomic E-state index is 11.0. The maximum Gasteiger partial charge on any atom is 0.335 e. The van der Waals surface area contributed by atoms with Crippen LogP contribution in [0.3, 0.4) is 0 Å². The van der Waals surface area contributed by atoms with Crippen molar-refractivity contribution in [1.29, 1.82) is 0 Å². The average molecular weight is 392 g/mol. The number of hydrogen-bond acceptors (Lipinski definition) is 3. The van der Waals surface area contributed by atoms with Gasteiger partial charge in [-0.1, -0.05) is 38.1 Å². The van der Waals surface area contributed by atoms with Crippen molar-refractivity contribution in [3.8, 4) is 0 Å². The topological polar surface area (TPSA) is 65.1 Å². The molecule has 3 rings (SSSR count). The number of aromatic carboxylic acids is 1. The molecule has 2 aromatic rings. The SMILES string of the molecule is [C-]#[N+]C1CCN(c2ccc(C(O)C(C)C)cc2)C1CCc1ccc(C(=O)O)cc1. The lowest BCUT2D eigenvalue weighted by atomic mass is 9.98. The van der Waals surface area contributed by atoms with Crippen molar-refractivity contribution >= 4 is 11.7 Å². The number of hydrogen-bond donors (Lipinski definition) is 2. The number of aliphatic hydroxyl groups excluding tert-OH is 1. The van der Waals surface area contributed by atoms with Crippen LogP contribution < -0.4 is 4.90 Å². The van der Waals surface area contributed by atoms with Crippen LogP contribution in [0.15, 0.2) is 48.5 Å². The minimum absolute atomic E-state index is 0.0331. The van der Waals surface area contributed by atoms with Crippen LogP contribution in [0.25, 0.3) is 4.85 Å². The summed E-state index contributed by atoms with van der Waals surface area (Å²) in [5, 5.41) is 19.3. The van der Waals surface area contributed by atoms with E-state index in [1.54, 1.807) is 12.1 Å². The van der Waals surface area contributed by atoms with Crippen molar-refractivity contribution in [3.05, 3.63) is 76.6 Å². The Kier molecular flexibility index (Phi) is 6.56. The van der Waals surface area contributed by atoms with Crippen molar-refractivity contribution < 1.29 is 15.0 Å². The van der Waals surface area contributed by atoms with Crippen molar-refractivity contribution in [2.24, 2.45) is 5.92 Å². The third-order valence-electron chi connectivity index (χ3n) is 5.80. The number of carbonyl (C=O) groups is 1. The molecule has 1 aliphatic heterocycles. The van der Waals surface area contributed by atoms with E-state index >= 15 is 0 Å². The van der Waals surface area contributed by atoms with E-state index in [1.165, 1.54) is 0 Å². The highest BCUT2D eigenvalue weighted by Gasteiger charge is 2.38. The van der Waals surface area contributed by atoms with E-state index in [0.29, 0.717) is 5.56 Å². The molecule has 0 aliphatic carbocycles. The Balaban J connectivity index is 1.71. The molecule has 1 fully saturated rings. The maximum absolute atomic E-state index is 11.0. The van der Waals surface area contributed by atoms with Crippen molar-refractivity contribution in [3.63, 3.8) is 0 Å². The molecule has 3 unspecified atom stereocenters. The molecule has 0 amide bonds. The minimum Gasteiger partial charge on any atom is -0.478 e. The van der Waals surface area contributed by atoms with Crippen LogP contribution in [-0.4, -0.2) is 34.8 Å². The summed E-state index contributed by atoms with van der Waals surface area (Å²) in [6, 6.07) is 15.1. The molecule has 1 saturated heterocycles. The molecule has 0 saturated carbocycles. The lowest BCUT2D eigenvalue weighted by Crippen LogP contribution is -2.34. The average Bonchev–Trinajstić information content (AvgIpc) is 3.15. The summed E-state index contributed by atoms with van der Waals surface area (Å²) < 4.78 is 0. The van der Waals surface area contributed by atoms with Crippen LogP contribution in [0, 0.1) is 12.5 Å². The molecule has 0 spiro atoms. The molecule has 0 bridgehead atoms. The summed E-state index contributed by atoms with van der Waals surface area (Å²) in [4.78, 5) is 17.2. The second kappa shape index (κ2) is 9.11. The standard InChI is InChI=1S/C24H28N2O3/c1-16(2)23(27)18-9-11-20(12-10-18)26-15-14-21(25-3)22(26)13-6-17-4-7-19(8-5-17)24(28)29/h4-5,7-12,16,21-23,27H,6,13-15H2,1-2H3,(H,28,29). The first-order valence-corrected chi connectivity index (χ1v) is 10.1. The van der Waals surface area contributed by atoms with E-state index in [1.807, 2.05) is 50.2 Å².